The molecular formula is C15H17F3N2O3. The van der Waals surface area contributed by atoms with Crippen LogP contribution < -0.4 is 0 Å². The lowest BCUT2D eigenvalue weighted by molar-refractivity contribution is -0.297. The lowest BCUT2D eigenvalue weighted by Gasteiger charge is -2.32. The maximum absolute atomic E-state index is 13.3. The number of hydrazone groups is 1. The number of aromatic hydroxyl groups is 1. The van der Waals surface area contributed by atoms with Crippen molar-refractivity contribution in [2.75, 3.05) is 0 Å². The van der Waals surface area contributed by atoms with Crippen LogP contribution in [0.2, 0.25) is 0 Å². The molecule has 0 saturated carbocycles. The van der Waals surface area contributed by atoms with Gasteiger partial charge < -0.3 is 10.2 Å². The minimum atomic E-state index is -5.05. The quantitative estimate of drug-likeness (QED) is 0.895. The van der Waals surface area contributed by atoms with E-state index >= 15 is 0 Å². The number of hydrogen-bond donors (Lipinski definition) is 2. The molecular weight excluding hydrogens is 313 g/mol. The molecule has 1 aliphatic rings. The first kappa shape index (κ1) is 17.3. The average molecular weight is 330 g/mol. The van der Waals surface area contributed by atoms with Crippen LogP contribution in [0.1, 0.15) is 42.1 Å². The fraction of sp³-hybridized carbons (Fsp3) is 0.467. The van der Waals surface area contributed by atoms with E-state index in [1.54, 1.807) is 6.92 Å². The number of carbonyl (C=O) groups excluding carboxylic acids is 1. The average Bonchev–Trinajstić information content (AvgIpc) is 2.79. The Hall–Kier alpha value is -2.09. The number of alkyl halides is 3. The first-order chi connectivity index (χ1) is 10.6. The van der Waals surface area contributed by atoms with Crippen LogP contribution in [0.3, 0.4) is 0 Å². The molecule has 2 rings (SSSR count). The van der Waals surface area contributed by atoms with Gasteiger partial charge in [-0.05, 0) is 25.5 Å². The van der Waals surface area contributed by atoms with E-state index in [9.17, 15) is 28.2 Å². The summed E-state index contributed by atoms with van der Waals surface area (Å²) < 4.78 is 39.9. The van der Waals surface area contributed by atoms with E-state index in [2.05, 4.69) is 5.10 Å². The Balaban J connectivity index is 2.48. The van der Waals surface area contributed by atoms with Crippen molar-refractivity contribution in [1.29, 1.82) is 0 Å². The van der Waals surface area contributed by atoms with Crippen molar-refractivity contribution in [2.45, 2.75) is 45.0 Å². The molecule has 0 unspecified atom stereocenters. The smallest absolute Gasteiger partial charge is 0.438 e. The minimum Gasteiger partial charge on any atom is -0.508 e. The Kier molecular flexibility index (Phi) is 4.39. The van der Waals surface area contributed by atoms with Gasteiger partial charge in [0, 0.05) is 23.3 Å². The normalized spacial score (nSPS) is 21.5. The lowest BCUT2D eigenvalue weighted by Crippen LogP contribution is -2.56. The van der Waals surface area contributed by atoms with Crippen LogP contribution in [0.15, 0.2) is 23.3 Å². The van der Waals surface area contributed by atoms with Crippen LogP contribution in [0, 0.1) is 6.92 Å². The summed E-state index contributed by atoms with van der Waals surface area (Å²) in [4.78, 5) is 12.5. The van der Waals surface area contributed by atoms with Gasteiger partial charge in [-0.25, -0.2) is 0 Å². The summed E-state index contributed by atoms with van der Waals surface area (Å²) in [5.41, 5.74) is -3.28. The van der Waals surface area contributed by atoms with E-state index in [1.807, 2.05) is 0 Å². The summed E-state index contributed by atoms with van der Waals surface area (Å²) in [6.45, 7) is 3.17. The highest BCUT2D eigenvalue weighted by Gasteiger charge is 2.63. The van der Waals surface area contributed by atoms with Crippen molar-refractivity contribution in [1.82, 2.24) is 5.01 Å². The summed E-state index contributed by atoms with van der Waals surface area (Å²) >= 11 is 0. The Labute approximate surface area is 131 Å². The van der Waals surface area contributed by atoms with Crippen molar-refractivity contribution in [3.05, 3.63) is 29.3 Å². The van der Waals surface area contributed by atoms with E-state index in [0.717, 1.165) is 0 Å². The van der Waals surface area contributed by atoms with Gasteiger partial charge in [0.2, 0.25) is 0 Å². The Morgan fingerprint density at radius 2 is 2.09 bits per heavy atom. The number of phenolic OH excluding ortho intramolecular Hbond substituents is 1. The zero-order chi connectivity index (χ0) is 17.4. The van der Waals surface area contributed by atoms with Crippen LogP contribution in [-0.4, -0.2) is 38.7 Å². The highest BCUT2D eigenvalue weighted by atomic mass is 19.4. The molecule has 0 aromatic heterocycles. The van der Waals surface area contributed by atoms with Gasteiger partial charge in [-0.1, -0.05) is 19.4 Å². The minimum absolute atomic E-state index is 0.0831. The number of amides is 1. The highest BCUT2D eigenvalue weighted by molar-refractivity contribution is 5.99. The van der Waals surface area contributed by atoms with Crippen molar-refractivity contribution >= 4 is 11.6 Å². The summed E-state index contributed by atoms with van der Waals surface area (Å²) in [6.07, 6.45) is -5.03. The van der Waals surface area contributed by atoms with Crippen molar-refractivity contribution in [2.24, 2.45) is 5.10 Å². The maximum Gasteiger partial charge on any atom is 0.438 e. The van der Waals surface area contributed by atoms with Crippen LogP contribution in [0.4, 0.5) is 13.2 Å². The van der Waals surface area contributed by atoms with Crippen molar-refractivity contribution < 1.29 is 28.2 Å². The molecule has 0 fully saturated rings. The number of phenols is 1. The molecule has 2 N–H and O–H groups in total. The molecule has 8 heteroatoms. The Morgan fingerprint density at radius 1 is 1.43 bits per heavy atom. The number of aliphatic hydroxyl groups is 1. The van der Waals surface area contributed by atoms with Gasteiger partial charge in [0.05, 0.1) is 0 Å². The second-order valence-electron chi connectivity index (χ2n) is 5.47. The van der Waals surface area contributed by atoms with Gasteiger partial charge in [-0.2, -0.15) is 23.3 Å². The second kappa shape index (κ2) is 5.84. The van der Waals surface area contributed by atoms with Gasteiger partial charge in [-0.3, -0.25) is 4.79 Å². The predicted molar refractivity (Wildman–Crippen MR) is 77.0 cm³/mol. The molecule has 1 aromatic rings. The summed E-state index contributed by atoms with van der Waals surface area (Å²) in [6, 6.07) is 3.94. The first-order valence-corrected chi connectivity index (χ1v) is 7.10. The van der Waals surface area contributed by atoms with Gasteiger partial charge in [-0.15, -0.1) is 0 Å². The number of halogens is 3. The second-order valence-corrected chi connectivity index (χ2v) is 5.47. The number of nitrogens with zero attached hydrogens (tertiary/aromatic N) is 2. The van der Waals surface area contributed by atoms with Crippen LogP contribution >= 0.6 is 0 Å². The molecule has 1 aromatic carbocycles. The molecule has 1 amide bonds. The third kappa shape index (κ3) is 2.90. The molecule has 0 spiro atoms. The van der Waals surface area contributed by atoms with Gasteiger partial charge in [0.15, 0.2) is 0 Å². The predicted octanol–water partition coefficient (Wildman–Crippen LogP) is 2.95. The highest BCUT2D eigenvalue weighted by Crippen LogP contribution is 2.42. The van der Waals surface area contributed by atoms with Crippen LogP contribution in [0.25, 0.3) is 0 Å². The molecule has 0 radical (unpaired) electrons. The standard InChI is InChI=1S/C15H17F3N2O3/c1-3-5-10-8-14(23,15(16,17)18)20(19-10)13(22)11-6-4-7-12(21)9(11)2/h4,6-7,21,23H,3,5,8H2,1-2H3/t14-/m1/s1. The van der Waals surface area contributed by atoms with E-state index in [1.165, 1.54) is 25.1 Å². The fourth-order valence-corrected chi connectivity index (χ4v) is 2.45. The van der Waals surface area contributed by atoms with E-state index in [0.29, 0.717) is 6.42 Å². The number of carbonyl (C=O) groups is 1. The van der Waals surface area contributed by atoms with Crippen LogP contribution in [-0.2, 0) is 0 Å². The van der Waals surface area contributed by atoms with Crippen molar-refractivity contribution in [3.8, 4) is 5.75 Å². The largest absolute Gasteiger partial charge is 0.508 e. The fourth-order valence-electron chi connectivity index (χ4n) is 2.45. The third-order valence-electron chi connectivity index (χ3n) is 3.76. The molecule has 126 valence electrons. The molecule has 1 heterocycles. The zero-order valence-electron chi connectivity index (χ0n) is 12.7. The SMILES string of the molecule is CCCC1=NN(C(=O)c2cccc(O)c2C)[C@](O)(C(F)(F)F)C1. The van der Waals surface area contributed by atoms with Crippen molar-refractivity contribution in [3.63, 3.8) is 0 Å². The zero-order valence-corrected chi connectivity index (χ0v) is 12.7. The summed E-state index contributed by atoms with van der Waals surface area (Å²) in [5.74, 6) is -1.33. The first-order valence-electron chi connectivity index (χ1n) is 7.10. The summed E-state index contributed by atoms with van der Waals surface area (Å²) in [7, 11) is 0. The third-order valence-corrected chi connectivity index (χ3v) is 3.76. The van der Waals surface area contributed by atoms with E-state index < -0.39 is 24.2 Å². The van der Waals surface area contributed by atoms with E-state index in [4.69, 9.17) is 0 Å². The molecule has 1 atom stereocenters. The molecule has 0 aliphatic carbocycles. The summed E-state index contributed by atoms with van der Waals surface area (Å²) in [5, 5.41) is 23.5. The number of benzene rings is 1. The molecule has 5 nitrogen and oxygen atoms in total. The van der Waals surface area contributed by atoms with E-state index in [-0.39, 0.29) is 34.0 Å². The molecule has 23 heavy (non-hydrogen) atoms. The Morgan fingerprint density at radius 3 is 2.65 bits per heavy atom. The molecule has 0 bridgehead atoms. The monoisotopic (exact) mass is 330 g/mol. The van der Waals surface area contributed by atoms with Crippen LogP contribution in [0.5, 0.6) is 5.75 Å². The number of hydrogen-bond acceptors (Lipinski definition) is 4. The topological polar surface area (TPSA) is 73.1 Å². The Bertz CT molecular complexity index is 658. The molecule has 1 aliphatic heterocycles. The van der Waals surface area contributed by atoms with Gasteiger partial charge in [0.1, 0.15) is 5.75 Å². The molecule has 0 saturated heterocycles. The maximum atomic E-state index is 13.3. The lowest BCUT2D eigenvalue weighted by atomic mass is 10.0. The number of rotatable bonds is 3. The van der Waals surface area contributed by atoms with Gasteiger partial charge in [0.25, 0.3) is 11.6 Å². The van der Waals surface area contributed by atoms with Gasteiger partial charge >= 0.3 is 6.18 Å².